The van der Waals surface area contributed by atoms with E-state index in [2.05, 4.69) is 15.6 Å². The van der Waals surface area contributed by atoms with Crippen molar-refractivity contribution in [1.82, 2.24) is 15.6 Å². The van der Waals surface area contributed by atoms with E-state index in [0.29, 0.717) is 6.54 Å². The van der Waals surface area contributed by atoms with Crippen molar-refractivity contribution in [3.63, 3.8) is 0 Å². The molecular formula is C18H22FN3O2. The largest absolute Gasteiger partial charge is 0.386 e. The van der Waals surface area contributed by atoms with Crippen LogP contribution in [0.5, 0.6) is 0 Å². The van der Waals surface area contributed by atoms with Crippen LogP contribution >= 0.6 is 0 Å². The van der Waals surface area contributed by atoms with E-state index >= 15 is 0 Å². The van der Waals surface area contributed by atoms with Crippen LogP contribution < -0.4 is 10.6 Å². The molecule has 6 heteroatoms. The number of hydrogen-bond donors (Lipinski definition) is 3. The van der Waals surface area contributed by atoms with Gasteiger partial charge in [0, 0.05) is 36.5 Å². The Morgan fingerprint density at radius 1 is 1.21 bits per heavy atom. The number of benzene rings is 1. The number of aliphatic hydroxyl groups excluding tert-OH is 1. The summed E-state index contributed by atoms with van der Waals surface area (Å²) in [6, 6.07) is 9.35. The summed E-state index contributed by atoms with van der Waals surface area (Å²) in [6.07, 6.45) is 2.33. The third kappa shape index (κ3) is 4.76. The fraction of sp³-hybridized carbons (Fsp3) is 0.333. The molecule has 1 atom stereocenters. The average molecular weight is 331 g/mol. The zero-order chi connectivity index (χ0) is 17.6. The van der Waals surface area contributed by atoms with Gasteiger partial charge in [0.15, 0.2) is 0 Å². The number of pyridine rings is 1. The maximum absolute atomic E-state index is 13.6. The van der Waals surface area contributed by atoms with Gasteiger partial charge >= 0.3 is 6.03 Å². The Morgan fingerprint density at radius 2 is 1.88 bits per heavy atom. The number of nitrogens with zero attached hydrogens (tertiary/aromatic N) is 1. The fourth-order valence-corrected chi connectivity index (χ4v) is 2.31. The van der Waals surface area contributed by atoms with Crippen LogP contribution in [0.15, 0.2) is 48.8 Å². The molecule has 2 amide bonds. The van der Waals surface area contributed by atoms with Crippen molar-refractivity contribution in [2.24, 2.45) is 0 Å². The second-order valence-electron chi connectivity index (χ2n) is 6.22. The zero-order valence-corrected chi connectivity index (χ0v) is 13.8. The van der Waals surface area contributed by atoms with Crippen LogP contribution in [-0.4, -0.2) is 29.2 Å². The number of urea groups is 1. The van der Waals surface area contributed by atoms with Gasteiger partial charge in [-0.1, -0.05) is 32.0 Å². The van der Waals surface area contributed by atoms with Gasteiger partial charge in [0.2, 0.25) is 0 Å². The number of hydrogen-bond acceptors (Lipinski definition) is 3. The predicted octanol–water partition coefficient (Wildman–Crippen LogP) is 2.53. The number of amides is 2. The van der Waals surface area contributed by atoms with Crippen molar-refractivity contribution in [2.45, 2.75) is 25.4 Å². The number of carbonyl (C=O) groups excluding carboxylic acids is 1. The number of halogens is 1. The first-order valence-electron chi connectivity index (χ1n) is 7.75. The number of rotatable bonds is 6. The summed E-state index contributed by atoms with van der Waals surface area (Å²) in [7, 11) is 0. The van der Waals surface area contributed by atoms with E-state index in [1.165, 1.54) is 12.1 Å². The first kappa shape index (κ1) is 17.9. The molecule has 0 fully saturated rings. The molecule has 3 N–H and O–H groups in total. The summed E-state index contributed by atoms with van der Waals surface area (Å²) in [6.45, 7) is 4.37. The molecule has 0 aliphatic rings. The highest BCUT2D eigenvalue weighted by atomic mass is 19.1. The van der Waals surface area contributed by atoms with Crippen LogP contribution in [0.4, 0.5) is 9.18 Å². The van der Waals surface area contributed by atoms with Gasteiger partial charge in [0.1, 0.15) is 5.82 Å². The quantitative estimate of drug-likeness (QED) is 0.761. The van der Waals surface area contributed by atoms with Crippen LogP contribution in [0.1, 0.15) is 31.1 Å². The molecule has 0 spiro atoms. The van der Waals surface area contributed by atoms with Gasteiger partial charge < -0.3 is 15.7 Å². The Bertz CT molecular complexity index is 677. The highest BCUT2D eigenvalue weighted by Crippen LogP contribution is 2.21. The monoisotopic (exact) mass is 331 g/mol. The predicted molar refractivity (Wildman–Crippen MR) is 90.0 cm³/mol. The lowest BCUT2D eigenvalue weighted by Gasteiger charge is -2.25. The summed E-state index contributed by atoms with van der Waals surface area (Å²) in [5.41, 5.74) is 0.962. The van der Waals surface area contributed by atoms with Gasteiger partial charge in [-0.3, -0.25) is 4.98 Å². The van der Waals surface area contributed by atoms with Crippen LogP contribution in [-0.2, 0) is 5.41 Å². The Morgan fingerprint density at radius 3 is 2.54 bits per heavy atom. The molecule has 0 bridgehead atoms. The molecule has 5 nitrogen and oxygen atoms in total. The van der Waals surface area contributed by atoms with Crippen molar-refractivity contribution >= 4 is 6.03 Å². The first-order chi connectivity index (χ1) is 11.4. The fourth-order valence-electron chi connectivity index (χ4n) is 2.31. The first-order valence-corrected chi connectivity index (χ1v) is 7.75. The summed E-state index contributed by atoms with van der Waals surface area (Å²) in [4.78, 5) is 15.9. The normalized spacial score (nSPS) is 12.5. The summed E-state index contributed by atoms with van der Waals surface area (Å²) >= 11 is 0. The van der Waals surface area contributed by atoms with Gasteiger partial charge in [0.05, 0.1) is 6.10 Å². The van der Waals surface area contributed by atoms with E-state index in [1.54, 1.807) is 24.5 Å². The van der Waals surface area contributed by atoms with Crippen molar-refractivity contribution in [3.05, 3.63) is 65.7 Å². The molecule has 2 aromatic rings. The van der Waals surface area contributed by atoms with E-state index in [9.17, 15) is 14.3 Å². The molecule has 0 aliphatic heterocycles. The second kappa shape index (κ2) is 7.88. The third-order valence-corrected chi connectivity index (χ3v) is 3.87. The van der Waals surface area contributed by atoms with Crippen molar-refractivity contribution in [2.75, 3.05) is 13.1 Å². The highest BCUT2D eigenvalue weighted by Gasteiger charge is 2.21. The molecule has 1 aromatic carbocycles. The lowest BCUT2D eigenvalue weighted by Crippen LogP contribution is -2.43. The van der Waals surface area contributed by atoms with E-state index in [1.807, 2.05) is 26.0 Å². The minimum absolute atomic E-state index is 0.0670. The Labute approximate surface area is 140 Å². The van der Waals surface area contributed by atoms with Gasteiger partial charge in [-0.15, -0.1) is 0 Å². The molecule has 128 valence electrons. The van der Waals surface area contributed by atoms with Crippen molar-refractivity contribution in [1.29, 1.82) is 0 Å². The van der Waals surface area contributed by atoms with E-state index < -0.39 is 18.0 Å². The minimum atomic E-state index is -1.09. The van der Waals surface area contributed by atoms with Crippen LogP contribution in [0, 0.1) is 5.82 Å². The van der Waals surface area contributed by atoms with Crippen molar-refractivity contribution < 1.29 is 14.3 Å². The molecule has 1 aromatic heterocycles. The van der Waals surface area contributed by atoms with Gasteiger partial charge in [0.25, 0.3) is 0 Å². The van der Waals surface area contributed by atoms with Crippen molar-refractivity contribution in [3.8, 4) is 0 Å². The van der Waals surface area contributed by atoms with E-state index in [4.69, 9.17) is 0 Å². The molecule has 0 saturated carbocycles. The third-order valence-electron chi connectivity index (χ3n) is 3.87. The molecule has 1 heterocycles. The molecule has 0 radical (unpaired) electrons. The number of carbonyl (C=O) groups is 1. The van der Waals surface area contributed by atoms with Crippen LogP contribution in [0.3, 0.4) is 0 Å². The van der Waals surface area contributed by atoms with Crippen LogP contribution in [0.25, 0.3) is 0 Å². The summed E-state index contributed by atoms with van der Waals surface area (Å²) < 4.78 is 13.6. The maximum Gasteiger partial charge on any atom is 0.314 e. The molecule has 0 aliphatic carbocycles. The van der Waals surface area contributed by atoms with Gasteiger partial charge in [-0.05, 0) is 23.8 Å². The SMILES string of the molecule is CC(C)(CNC(=O)NCC(O)c1ccccc1F)c1ccncc1. The molecule has 1 unspecified atom stereocenters. The summed E-state index contributed by atoms with van der Waals surface area (Å²) in [5.74, 6) is -0.494. The zero-order valence-electron chi connectivity index (χ0n) is 13.8. The van der Waals surface area contributed by atoms with E-state index in [0.717, 1.165) is 5.56 Å². The van der Waals surface area contributed by atoms with E-state index in [-0.39, 0.29) is 17.5 Å². The second-order valence-corrected chi connectivity index (χ2v) is 6.22. The molecular weight excluding hydrogens is 309 g/mol. The maximum atomic E-state index is 13.6. The lowest BCUT2D eigenvalue weighted by atomic mass is 9.85. The smallest absolute Gasteiger partial charge is 0.314 e. The van der Waals surface area contributed by atoms with Crippen LogP contribution in [0.2, 0.25) is 0 Å². The number of aromatic nitrogens is 1. The molecule has 0 saturated heterocycles. The Hall–Kier alpha value is -2.47. The minimum Gasteiger partial charge on any atom is -0.386 e. The number of nitrogens with one attached hydrogen (secondary N) is 2. The van der Waals surface area contributed by atoms with Gasteiger partial charge in [-0.25, -0.2) is 9.18 Å². The molecule has 2 rings (SSSR count). The van der Waals surface area contributed by atoms with Gasteiger partial charge in [-0.2, -0.15) is 0 Å². The molecule has 24 heavy (non-hydrogen) atoms. The Balaban J connectivity index is 1.82. The summed E-state index contributed by atoms with van der Waals surface area (Å²) in [5, 5.41) is 15.3. The number of aliphatic hydroxyl groups is 1. The highest BCUT2D eigenvalue weighted by molar-refractivity contribution is 5.74. The standard InChI is InChI=1S/C18H22FN3O2/c1-18(2,13-7-9-20-10-8-13)12-22-17(24)21-11-16(23)14-5-3-4-6-15(14)19/h3-10,16,23H,11-12H2,1-2H3,(H2,21,22,24). The lowest BCUT2D eigenvalue weighted by molar-refractivity contribution is 0.168. The average Bonchev–Trinajstić information content (AvgIpc) is 2.59. The Kier molecular flexibility index (Phi) is 5.87. The topological polar surface area (TPSA) is 74.2 Å².